The zero-order chi connectivity index (χ0) is 19.4. The molecule has 1 saturated heterocycles. The van der Waals surface area contributed by atoms with Crippen molar-refractivity contribution in [3.05, 3.63) is 40.3 Å². The van der Waals surface area contributed by atoms with Gasteiger partial charge in [-0.15, -0.1) is 11.3 Å². The second-order valence-corrected chi connectivity index (χ2v) is 7.56. The van der Waals surface area contributed by atoms with Crippen LogP contribution in [0.2, 0.25) is 0 Å². The minimum Gasteiger partial charge on any atom is -0.495 e. The third-order valence-corrected chi connectivity index (χ3v) is 5.67. The highest BCUT2D eigenvalue weighted by Gasteiger charge is 2.28. The second kappa shape index (κ2) is 8.54. The molecular weight excluding hydrogens is 364 g/mol. The van der Waals surface area contributed by atoms with Gasteiger partial charge in [-0.3, -0.25) is 9.59 Å². The van der Waals surface area contributed by atoms with Crippen molar-refractivity contribution in [2.45, 2.75) is 39.2 Å². The van der Waals surface area contributed by atoms with Gasteiger partial charge in [0.05, 0.1) is 18.4 Å². The van der Waals surface area contributed by atoms with Crippen LogP contribution in [-0.2, 0) is 16.0 Å². The minimum atomic E-state index is -0.442. The van der Waals surface area contributed by atoms with Gasteiger partial charge in [-0.1, -0.05) is 19.1 Å². The highest BCUT2D eigenvalue weighted by atomic mass is 32.1. The van der Waals surface area contributed by atoms with Gasteiger partial charge in [0.2, 0.25) is 0 Å². The van der Waals surface area contributed by atoms with Crippen LogP contribution in [-0.4, -0.2) is 31.6 Å². The Morgan fingerprint density at radius 1 is 1.30 bits per heavy atom. The summed E-state index contributed by atoms with van der Waals surface area (Å²) < 4.78 is 10.8. The van der Waals surface area contributed by atoms with Crippen LogP contribution >= 0.6 is 11.3 Å². The van der Waals surface area contributed by atoms with Crippen LogP contribution in [0.25, 0.3) is 0 Å². The van der Waals surface area contributed by atoms with Gasteiger partial charge in [0.25, 0.3) is 11.8 Å². The molecule has 1 aromatic carbocycles. The van der Waals surface area contributed by atoms with Crippen molar-refractivity contribution >= 4 is 33.8 Å². The van der Waals surface area contributed by atoms with E-state index in [0.717, 1.165) is 16.9 Å². The lowest BCUT2D eigenvalue weighted by atomic mass is 10.1. The lowest BCUT2D eigenvalue weighted by Crippen LogP contribution is -2.27. The van der Waals surface area contributed by atoms with Gasteiger partial charge < -0.3 is 20.1 Å². The third-order valence-electron chi connectivity index (χ3n) is 4.60. The Labute approximate surface area is 162 Å². The van der Waals surface area contributed by atoms with E-state index in [1.807, 2.05) is 26.0 Å². The molecule has 27 heavy (non-hydrogen) atoms. The lowest BCUT2D eigenvalue weighted by Gasteiger charge is -2.13. The van der Waals surface area contributed by atoms with Crippen LogP contribution in [0.4, 0.5) is 10.7 Å². The number of carbonyl (C=O) groups excluding carboxylic acids is 2. The fourth-order valence-corrected chi connectivity index (χ4v) is 4.39. The number of amides is 2. The molecule has 0 aliphatic carbocycles. The summed E-state index contributed by atoms with van der Waals surface area (Å²) in [6.07, 6.45) is 1.84. The Hall–Kier alpha value is -2.38. The maximum atomic E-state index is 13.1. The van der Waals surface area contributed by atoms with E-state index in [1.165, 1.54) is 11.3 Å². The van der Waals surface area contributed by atoms with Crippen molar-refractivity contribution in [3.8, 4) is 5.75 Å². The Morgan fingerprint density at radius 2 is 2.07 bits per heavy atom. The van der Waals surface area contributed by atoms with E-state index in [0.29, 0.717) is 41.4 Å². The zero-order valence-corrected chi connectivity index (χ0v) is 16.6. The van der Waals surface area contributed by atoms with Crippen LogP contribution in [0.1, 0.15) is 40.6 Å². The van der Waals surface area contributed by atoms with Crippen molar-refractivity contribution in [3.63, 3.8) is 0 Å². The molecule has 7 heteroatoms. The predicted octanol–water partition coefficient (Wildman–Crippen LogP) is 4.00. The molecule has 1 unspecified atom stereocenters. The van der Waals surface area contributed by atoms with Gasteiger partial charge in [0, 0.05) is 11.5 Å². The molecule has 1 aliphatic rings. The summed E-state index contributed by atoms with van der Waals surface area (Å²) in [5, 5.41) is 6.38. The van der Waals surface area contributed by atoms with Crippen molar-refractivity contribution in [2.75, 3.05) is 24.4 Å². The molecule has 1 aliphatic heterocycles. The molecule has 0 spiro atoms. The van der Waals surface area contributed by atoms with Gasteiger partial charge in [-0.05, 0) is 43.9 Å². The molecule has 0 bridgehead atoms. The maximum absolute atomic E-state index is 13.1. The summed E-state index contributed by atoms with van der Waals surface area (Å²) in [5.41, 5.74) is 2.04. The first-order valence-electron chi connectivity index (χ1n) is 9.04. The highest BCUT2D eigenvalue weighted by molar-refractivity contribution is 7.16. The summed E-state index contributed by atoms with van der Waals surface area (Å²) in [6, 6.07) is 7.24. The molecule has 2 heterocycles. The van der Waals surface area contributed by atoms with Crippen LogP contribution in [0.5, 0.6) is 5.75 Å². The number of ether oxygens (including phenoxy) is 2. The van der Waals surface area contributed by atoms with Gasteiger partial charge in [-0.25, -0.2) is 0 Å². The summed E-state index contributed by atoms with van der Waals surface area (Å²) in [5.74, 6) is 0.131. The summed E-state index contributed by atoms with van der Waals surface area (Å²) >= 11 is 1.42. The second-order valence-electron chi connectivity index (χ2n) is 6.34. The third kappa shape index (κ3) is 4.14. The number of hydrogen-bond acceptors (Lipinski definition) is 5. The fraction of sp³-hybridized carbons (Fsp3) is 0.400. The average molecular weight is 388 g/mol. The number of thiophene rings is 1. The lowest BCUT2D eigenvalue weighted by molar-refractivity contribution is -0.124. The van der Waals surface area contributed by atoms with Crippen molar-refractivity contribution in [1.82, 2.24) is 0 Å². The fourth-order valence-electron chi connectivity index (χ4n) is 3.24. The zero-order valence-electron chi connectivity index (χ0n) is 15.8. The number of nitrogens with one attached hydrogen (secondary N) is 2. The number of para-hydroxylation sites is 2. The number of rotatable bonds is 6. The first-order valence-corrected chi connectivity index (χ1v) is 9.85. The van der Waals surface area contributed by atoms with Crippen LogP contribution in [0.3, 0.4) is 0 Å². The highest BCUT2D eigenvalue weighted by Crippen LogP contribution is 2.35. The Kier molecular flexibility index (Phi) is 6.13. The van der Waals surface area contributed by atoms with Gasteiger partial charge >= 0.3 is 0 Å². The number of benzene rings is 1. The van der Waals surface area contributed by atoms with E-state index in [-0.39, 0.29) is 11.8 Å². The van der Waals surface area contributed by atoms with Crippen molar-refractivity contribution < 1.29 is 19.1 Å². The SMILES string of the molecule is CCc1c(C)sc(NC(=O)C2CCCO2)c1C(=O)Nc1ccccc1OC. The molecule has 1 fully saturated rings. The minimum absolute atomic E-state index is 0.192. The Balaban J connectivity index is 1.88. The standard InChI is InChI=1S/C20H24N2O4S/c1-4-13-12(2)27-20(22-18(23)16-10-7-11-26-16)17(13)19(24)21-14-8-5-6-9-15(14)25-3/h5-6,8-9,16H,4,7,10-11H2,1-3H3,(H,21,24)(H,22,23). The summed E-state index contributed by atoms with van der Waals surface area (Å²) in [6.45, 7) is 4.56. The largest absolute Gasteiger partial charge is 0.495 e. The Bertz CT molecular complexity index is 841. The molecule has 2 N–H and O–H groups in total. The normalized spacial score (nSPS) is 16.2. The Morgan fingerprint density at radius 3 is 2.74 bits per heavy atom. The molecule has 144 valence electrons. The molecule has 1 atom stereocenters. The van der Waals surface area contributed by atoms with Crippen molar-refractivity contribution in [1.29, 1.82) is 0 Å². The quantitative estimate of drug-likeness (QED) is 0.784. The summed E-state index contributed by atoms with van der Waals surface area (Å²) in [7, 11) is 1.56. The number of carbonyl (C=O) groups is 2. The average Bonchev–Trinajstić information content (AvgIpc) is 3.30. The maximum Gasteiger partial charge on any atom is 0.259 e. The number of hydrogen-bond donors (Lipinski definition) is 2. The first-order chi connectivity index (χ1) is 13.0. The monoisotopic (exact) mass is 388 g/mol. The number of aryl methyl sites for hydroxylation is 1. The smallest absolute Gasteiger partial charge is 0.259 e. The number of anilines is 2. The van der Waals surface area contributed by atoms with E-state index >= 15 is 0 Å². The molecule has 2 amide bonds. The van der Waals surface area contributed by atoms with E-state index in [9.17, 15) is 9.59 Å². The molecule has 6 nitrogen and oxygen atoms in total. The van der Waals surface area contributed by atoms with Crippen LogP contribution in [0, 0.1) is 6.92 Å². The molecule has 0 radical (unpaired) electrons. The van der Waals surface area contributed by atoms with E-state index in [2.05, 4.69) is 10.6 Å². The van der Waals surface area contributed by atoms with Gasteiger partial charge in [0.15, 0.2) is 0 Å². The molecule has 2 aromatic rings. The molecular formula is C20H24N2O4S. The van der Waals surface area contributed by atoms with Gasteiger partial charge in [0.1, 0.15) is 16.9 Å². The van der Waals surface area contributed by atoms with E-state index in [4.69, 9.17) is 9.47 Å². The topological polar surface area (TPSA) is 76.7 Å². The summed E-state index contributed by atoms with van der Waals surface area (Å²) in [4.78, 5) is 26.6. The van der Waals surface area contributed by atoms with Crippen molar-refractivity contribution in [2.24, 2.45) is 0 Å². The van der Waals surface area contributed by atoms with Gasteiger partial charge in [-0.2, -0.15) is 0 Å². The molecule has 1 aromatic heterocycles. The van der Waals surface area contributed by atoms with E-state index in [1.54, 1.807) is 19.2 Å². The molecule has 3 rings (SSSR count). The van der Waals surface area contributed by atoms with Crippen LogP contribution < -0.4 is 15.4 Å². The molecule has 0 saturated carbocycles. The van der Waals surface area contributed by atoms with Crippen LogP contribution in [0.15, 0.2) is 24.3 Å². The first kappa shape index (κ1) is 19.4. The number of methoxy groups -OCH3 is 1. The van der Waals surface area contributed by atoms with E-state index < -0.39 is 6.10 Å². The predicted molar refractivity (Wildman–Crippen MR) is 107 cm³/mol.